The Morgan fingerprint density at radius 3 is 1.21 bits per heavy atom. The first-order chi connectivity index (χ1) is 62.1. The molecule has 0 unspecified atom stereocenters. The van der Waals surface area contributed by atoms with Crippen molar-refractivity contribution in [3.63, 3.8) is 0 Å². The van der Waals surface area contributed by atoms with Crippen molar-refractivity contribution in [1.82, 2.24) is 9.13 Å². The number of para-hydroxylation sites is 4. The Morgan fingerprint density at radius 1 is 0.298 bits per heavy atom. The second kappa shape index (κ2) is 25.9. The Hall–Kier alpha value is -13.2. The summed E-state index contributed by atoms with van der Waals surface area (Å²) in [6, 6.07) is 85.6. The van der Waals surface area contributed by atoms with Gasteiger partial charge in [0.2, 0.25) is 0 Å². The normalized spacial score (nSPS) is 15.5. The maximum Gasteiger partial charge on any atom is 0.252 e. The fourth-order valence-corrected chi connectivity index (χ4v) is 18.7. The van der Waals surface area contributed by atoms with Crippen LogP contribution in [0.2, 0.25) is 0 Å². The first kappa shape index (κ1) is 53.6. The number of anilines is 6. The van der Waals surface area contributed by atoms with Gasteiger partial charge in [0.25, 0.3) is 6.71 Å². The largest absolute Gasteiger partial charge is 0.311 e. The molecule has 114 heavy (non-hydrogen) atoms. The van der Waals surface area contributed by atoms with Gasteiger partial charge in [-0.3, -0.25) is 0 Å². The van der Waals surface area contributed by atoms with Crippen LogP contribution in [0.3, 0.4) is 0 Å². The maximum absolute atomic E-state index is 10.0. The molecule has 0 saturated carbocycles. The standard InChI is InChI=1S/C109H87BN4/c1-106(2,3)76-61-72(81-43-22-28-50-90(81)108(7,8)9)62-80(65-76)113-99-68-78(111-95-53-30-24-44-83(95)84-45-25-31-54-96(84)111)57-59-93(99)110-94-60-58-79(112-97-55-32-26-46-85(97)86-47-27-33-56-98(86)112)69-100(94)114(105-88(70-35-14-10-15-36-70)66-77(107(4,5)6)67-89(105)71-37-16-11-17-38-71)102-64-73(63-101(113)104(102)110)82-49-34-52-92-103(82)87-48-23-29-51-91(87)109(92,74-39-18-12-19-40-74)75-41-20-13-21-42-75/h10-69H,1-9H3/i24D,25D,26D,27D,30D,31D,32D,33D,44D,45D,46D,47D,53D,54D,55D,56D. The molecule has 0 bridgehead atoms. The molecule has 5 heteroatoms. The second-order valence-electron chi connectivity index (χ2n) is 33.6. The van der Waals surface area contributed by atoms with E-state index in [1.54, 1.807) is 9.13 Å². The Balaban J connectivity index is 0.997. The first-order valence-electron chi connectivity index (χ1n) is 47.1. The minimum atomic E-state index is -0.867. The number of hydrogen-bond donors (Lipinski definition) is 0. The number of fused-ring (bicyclic) bond motifs is 13. The van der Waals surface area contributed by atoms with Crippen LogP contribution in [0.1, 0.15) is 123 Å². The van der Waals surface area contributed by atoms with Gasteiger partial charge < -0.3 is 18.9 Å². The van der Waals surface area contributed by atoms with Crippen molar-refractivity contribution in [2.45, 2.75) is 84.0 Å². The van der Waals surface area contributed by atoms with Crippen LogP contribution < -0.4 is 26.2 Å². The second-order valence-corrected chi connectivity index (χ2v) is 33.6. The van der Waals surface area contributed by atoms with E-state index >= 15 is 0 Å². The topological polar surface area (TPSA) is 16.3 Å². The summed E-state index contributed by atoms with van der Waals surface area (Å²) in [5.74, 6) is 0. The average molecular weight is 1480 g/mol. The number of rotatable bonds is 10. The number of hydrogen-bond acceptors (Lipinski definition) is 2. The van der Waals surface area contributed by atoms with E-state index in [2.05, 4.69) is 266 Å². The monoisotopic (exact) mass is 1480 g/mol. The molecule has 1 aliphatic carbocycles. The molecule has 3 aliphatic rings. The fraction of sp³-hybridized carbons (Fsp3) is 0.119. The molecule has 4 nitrogen and oxygen atoms in total. The Morgan fingerprint density at radius 2 is 0.711 bits per heavy atom. The molecule has 16 aromatic carbocycles. The predicted octanol–water partition coefficient (Wildman–Crippen LogP) is 26.9. The zero-order valence-corrected chi connectivity index (χ0v) is 64.8. The van der Waals surface area contributed by atoms with Gasteiger partial charge in [0, 0.05) is 72.5 Å². The van der Waals surface area contributed by atoms with Gasteiger partial charge in [-0.25, -0.2) is 0 Å². The van der Waals surface area contributed by atoms with Crippen molar-refractivity contribution in [3.05, 3.63) is 403 Å². The predicted molar refractivity (Wildman–Crippen MR) is 484 cm³/mol. The lowest BCUT2D eigenvalue weighted by Crippen LogP contribution is -2.61. The Kier molecular flexibility index (Phi) is 12.2. The molecule has 0 saturated heterocycles. The third-order valence-electron chi connectivity index (χ3n) is 23.9. The molecule has 2 aromatic heterocycles. The third-order valence-corrected chi connectivity index (χ3v) is 23.9. The molecule has 4 heterocycles. The molecule has 0 atom stereocenters. The van der Waals surface area contributed by atoms with E-state index in [1.807, 2.05) is 72.8 Å². The SMILES string of the molecule is [2H]c1c([2H])c([2H])c2c(c1[2H])c1c([2H])c([2H])c([2H])c([2H])c1n2-c1ccc2c(c1)N(c1cc(-c3ccccc3C(C)(C)C)cc(C(C)(C)C)c1)c1cc(-c3cccc4c3-c3ccccc3C4(c3ccccc3)c3ccccc3)cc3c1B2c1ccc(-n2c4c([2H])c([2H])c([2H])c([2H])c4c4c([2H])c([2H])c([2H])c([2H])c42)cc1N3c1c(-c2ccccc2)cc(C(C)(C)C)cc1-c1ccccc1. The van der Waals surface area contributed by atoms with Gasteiger partial charge in [0.15, 0.2) is 0 Å². The highest BCUT2D eigenvalue weighted by molar-refractivity contribution is 7.00. The molecule has 0 fully saturated rings. The van der Waals surface area contributed by atoms with Crippen LogP contribution in [0.5, 0.6) is 0 Å². The third kappa shape index (κ3) is 10.6. The number of aromatic nitrogens is 2. The highest BCUT2D eigenvalue weighted by atomic mass is 15.2. The summed E-state index contributed by atoms with van der Waals surface area (Å²) in [7, 11) is 0. The zero-order valence-electron chi connectivity index (χ0n) is 80.8. The van der Waals surface area contributed by atoms with Gasteiger partial charge in [-0.05, 0) is 201 Å². The summed E-state index contributed by atoms with van der Waals surface area (Å²) in [4.78, 5) is 4.70. The van der Waals surface area contributed by atoms with Gasteiger partial charge >= 0.3 is 0 Å². The first-order valence-corrected chi connectivity index (χ1v) is 39.1. The van der Waals surface area contributed by atoms with E-state index in [1.165, 1.54) is 0 Å². The van der Waals surface area contributed by atoms with Crippen LogP contribution in [0.15, 0.2) is 364 Å². The summed E-state index contributed by atoms with van der Waals surface area (Å²) >= 11 is 0. The Bertz CT molecular complexity index is 7690. The van der Waals surface area contributed by atoms with Crippen LogP contribution in [0, 0.1) is 0 Å². The van der Waals surface area contributed by atoms with Crippen molar-refractivity contribution in [1.29, 1.82) is 0 Å². The van der Waals surface area contributed by atoms with E-state index in [4.69, 9.17) is 0 Å². The maximum atomic E-state index is 10.0. The van der Waals surface area contributed by atoms with Crippen LogP contribution in [-0.2, 0) is 21.7 Å². The van der Waals surface area contributed by atoms with Crippen molar-refractivity contribution in [3.8, 4) is 67.0 Å². The van der Waals surface area contributed by atoms with E-state index in [0.29, 0.717) is 28.4 Å². The van der Waals surface area contributed by atoms with Crippen LogP contribution >= 0.6 is 0 Å². The zero-order chi connectivity index (χ0) is 91.0. The van der Waals surface area contributed by atoms with Gasteiger partial charge in [-0.1, -0.05) is 341 Å². The van der Waals surface area contributed by atoms with Gasteiger partial charge in [0.05, 0.1) is 55.1 Å². The van der Waals surface area contributed by atoms with Crippen molar-refractivity contribution < 1.29 is 21.9 Å². The molecule has 0 radical (unpaired) electrons. The smallest absolute Gasteiger partial charge is 0.252 e. The summed E-state index contributed by atoms with van der Waals surface area (Å²) in [5, 5.41) is -0.306. The summed E-state index contributed by atoms with van der Waals surface area (Å²) in [5.41, 5.74) is 21.1. The molecule has 546 valence electrons. The van der Waals surface area contributed by atoms with Crippen LogP contribution in [0.4, 0.5) is 34.1 Å². The molecule has 0 spiro atoms. The van der Waals surface area contributed by atoms with E-state index in [-0.39, 0.29) is 49.0 Å². The van der Waals surface area contributed by atoms with Crippen LogP contribution in [0.25, 0.3) is 111 Å². The molecule has 2 aliphatic heterocycles. The molecule has 18 aromatic rings. The van der Waals surface area contributed by atoms with Crippen molar-refractivity contribution >= 4 is 101 Å². The lowest BCUT2D eigenvalue weighted by molar-refractivity contribution is 0.589. The minimum Gasteiger partial charge on any atom is -0.311 e. The average Bonchev–Trinajstić information content (AvgIpc) is 1.38. The van der Waals surface area contributed by atoms with E-state index in [9.17, 15) is 21.9 Å². The molecule has 0 N–H and O–H groups in total. The number of benzene rings is 16. The highest BCUT2D eigenvalue weighted by Gasteiger charge is 2.49. The molecule has 0 amide bonds. The lowest BCUT2D eigenvalue weighted by atomic mass is 9.33. The molecule has 21 rings (SSSR count). The van der Waals surface area contributed by atoms with Crippen LogP contribution in [-0.4, -0.2) is 15.8 Å². The molecular formula is C109H87BN4. The van der Waals surface area contributed by atoms with Gasteiger partial charge in [-0.15, -0.1) is 0 Å². The van der Waals surface area contributed by atoms with Crippen molar-refractivity contribution in [2.24, 2.45) is 0 Å². The van der Waals surface area contributed by atoms with Crippen molar-refractivity contribution in [2.75, 3.05) is 9.80 Å². The quantitative estimate of drug-likeness (QED) is 0.127. The molecular weight excluding hydrogens is 1380 g/mol. The summed E-state index contributed by atoms with van der Waals surface area (Å²) in [6.07, 6.45) is 0. The van der Waals surface area contributed by atoms with E-state index in [0.717, 1.165) is 128 Å². The highest BCUT2D eigenvalue weighted by Crippen LogP contribution is 2.60. The lowest BCUT2D eigenvalue weighted by Gasteiger charge is -2.46. The number of nitrogens with zero attached hydrogens (tertiary/aromatic N) is 4. The fourth-order valence-electron chi connectivity index (χ4n) is 18.7. The minimum absolute atomic E-state index is 0.0525. The summed E-state index contributed by atoms with van der Waals surface area (Å²) < 4.78 is 157. The van der Waals surface area contributed by atoms with Gasteiger partial charge in [-0.2, -0.15) is 0 Å². The van der Waals surface area contributed by atoms with Gasteiger partial charge in [0.1, 0.15) is 0 Å². The summed E-state index contributed by atoms with van der Waals surface area (Å²) in [6.45, 7) is 19.1. The Labute approximate surface area is 691 Å². The van der Waals surface area contributed by atoms with E-state index < -0.39 is 120 Å².